The third-order valence-corrected chi connectivity index (χ3v) is 5.48. The van der Waals surface area contributed by atoms with Crippen LogP contribution < -0.4 is 5.32 Å². The number of amides is 1. The van der Waals surface area contributed by atoms with Crippen LogP contribution in [-0.2, 0) is 11.2 Å². The van der Waals surface area contributed by atoms with Gasteiger partial charge in [-0.3, -0.25) is 9.78 Å². The molecule has 0 bridgehead atoms. The maximum atomic E-state index is 12.4. The van der Waals surface area contributed by atoms with Gasteiger partial charge in [0.05, 0.1) is 11.4 Å². The summed E-state index contributed by atoms with van der Waals surface area (Å²) in [5.41, 5.74) is 5.93. The van der Waals surface area contributed by atoms with Crippen molar-refractivity contribution in [1.82, 2.24) is 15.0 Å². The number of carbonyl (C=O) groups is 1. The fourth-order valence-electron chi connectivity index (χ4n) is 3.13. The first-order valence-electron chi connectivity index (χ1n) is 9.97. The number of aryl methyl sites for hydroxylation is 1. The molecule has 2 aromatic heterocycles. The lowest BCUT2D eigenvalue weighted by atomic mass is 10.1. The first-order valence-corrected chi connectivity index (χ1v) is 11.0. The molecule has 31 heavy (non-hydrogen) atoms. The molecule has 2 heterocycles. The Morgan fingerprint density at radius 2 is 1.61 bits per heavy atom. The highest BCUT2D eigenvalue weighted by Crippen LogP contribution is 2.22. The number of hydrogen-bond acceptors (Lipinski definition) is 5. The molecular formula is C25H22N4OS. The molecule has 0 unspecified atom stereocenters. The van der Waals surface area contributed by atoms with Crippen molar-refractivity contribution in [3.8, 4) is 11.3 Å². The van der Waals surface area contributed by atoms with Gasteiger partial charge in [0.25, 0.3) is 0 Å². The maximum Gasteiger partial charge on any atom is 0.234 e. The van der Waals surface area contributed by atoms with Gasteiger partial charge in [0.1, 0.15) is 0 Å². The fourth-order valence-corrected chi connectivity index (χ4v) is 3.84. The van der Waals surface area contributed by atoms with Gasteiger partial charge in [-0.1, -0.05) is 54.2 Å². The van der Waals surface area contributed by atoms with E-state index in [-0.39, 0.29) is 11.7 Å². The van der Waals surface area contributed by atoms with Crippen LogP contribution in [0.2, 0.25) is 0 Å². The predicted octanol–water partition coefficient (Wildman–Crippen LogP) is 5.17. The Morgan fingerprint density at radius 1 is 0.903 bits per heavy atom. The van der Waals surface area contributed by atoms with E-state index in [4.69, 9.17) is 0 Å². The van der Waals surface area contributed by atoms with E-state index < -0.39 is 0 Å². The molecule has 5 nitrogen and oxygen atoms in total. The first-order chi connectivity index (χ1) is 15.2. The van der Waals surface area contributed by atoms with Crippen LogP contribution in [0, 0.1) is 6.92 Å². The van der Waals surface area contributed by atoms with E-state index in [1.54, 1.807) is 12.4 Å². The second kappa shape index (κ2) is 10.00. The van der Waals surface area contributed by atoms with E-state index in [9.17, 15) is 4.79 Å². The zero-order valence-electron chi connectivity index (χ0n) is 17.2. The number of rotatable bonds is 7. The Labute approximate surface area is 186 Å². The zero-order valence-corrected chi connectivity index (χ0v) is 18.0. The number of nitrogens with one attached hydrogen (secondary N) is 1. The van der Waals surface area contributed by atoms with Gasteiger partial charge in [-0.15, -0.1) is 0 Å². The van der Waals surface area contributed by atoms with Gasteiger partial charge in [-0.05, 0) is 54.8 Å². The van der Waals surface area contributed by atoms with E-state index in [1.807, 2.05) is 79.7 Å². The molecule has 0 aliphatic rings. The van der Waals surface area contributed by atoms with Crippen LogP contribution in [0.15, 0.2) is 90.3 Å². The molecule has 0 fully saturated rings. The molecule has 4 aromatic rings. The summed E-state index contributed by atoms with van der Waals surface area (Å²) in [7, 11) is 0. The summed E-state index contributed by atoms with van der Waals surface area (Å²) >= 11 is 1.34. The van der Waals surface area contributed by atoms with Crippen LogP contribution in [0.5, 0.6) is 0 Å². The van der Waals surface area contributed by atoms with Crippen molar-refractivity contribution >= 4 is 23.4 Å². The molecule has 1 amide bonds. The molecule has 4 rings (SSSR count). The lowest BCUT2D eigenvalue weighted by Crippen LogP contribution is -2.14. The number of nitrogens with zero attached hydrogens (tertiary/aromatic N) is 3. The standard InChI is InChI=1S/C25H22N4OS/c1-18-15-23(21-5-3-2-4-6-21)29-25(27-18)31-17-24(30)28-22-9-7-19(8-10-22)16-20-11-13-26-14-12-20/h2-15H,16-17H2,1H3,(H,28,30). The average Bonchev–Trinajstić information content (AvgIpc) is 2.80. The normalized spacial score (nSPS) is 10.6. The van der Waals surface area contributed by atoms with Crippen LogP contribution in [0.25, 0.3) is 11.3 Å². The van der Waals surface area contributed by atoms with Crippen LogP contribution >= 0.6 is 11.8 Å². The van der Waals surface area contributed by atoms with E-state index in [2.05, 4.69) is 20.3 Å². The van der Waals surface area contributed by atoms with Gasteiger partial charge in [-0.25, -0.2) is 9.97 Å². The molecule has 0 atom stereocenters. The van der Waals surface area contributed by atoms with Crippen molar-refractivity contribution in [1.29, 1.82) is 0 Å². The molecule has 0 aliphatic carbocycles. The first kappa shape index (κ1) is 20.8. The van der Waals surface area contributed by atoms with Crippen molar-refractivity contribution in [2.45, 2.75) is 18.5 Å². The number of anilines is 1. The van der Waals surface area contributed by atoms with Gasteiger partial charge in [0.2, 0.25) is 5.91 Å². The largest absolute Gasteiger partial charge is 0.325 e. The van der Waals surface area contributed by atoms with Crippen molar-refractivity contribution in [2.24, 2.45) is 0 Å². The minimum atomic E-state index is -0.0850. The van der Waals surface area contributed by atoms with Gasteiger partial charge >= 0.3 is 0 Å². The molecule has 0 radical (unpaired) electrons. The topological polar surface area (TPSA) is 67.8 Å². The van der Waals surface area contributed by atoms with E-state index in [0.717, 1.165) is 29.1 Å². The molecule has 2 aromatic carbocycles. The molecule has 6 heteroatoms. The molecule has 154 valence electrons. The van der Waals surface area contributed by atoms with Crippen LogP contribution in [0.1, 0.15) is 16.8 Å². The monoisotopic (exact) mass is 426 g/mol. The third kappa shape index (κ3) is 5.99. The summed E-state index contributed by atoms with van der Waals surface area (Å²) in [6.45, 7) is 1.94. The molecule has 0 saturated heterocycles. The number of benzene rings is 2. The Morgan fingerprint density at radius 3 is 2.35 bits per heavy atom. The summed E-state index contributed by atoms with van der Waals surface area (Å²) in [4.78, 5) is 25.5. The van der Waals surface area contributed by atoms with E-state index in [0.29, 0.717) is 5.16 Å². The molecule has 1 N–H and O–H groups in total. The van der Waals surface area contributed by atoms with Gasteiger partial charge < -0.3 is 5.32 Å². The second-order valence-corrected chi connectivity index (χ2v) is 8.05. The Bertz CT molecular complexity index is 1150. The highest BCUT2D eigenvalue weighted by atomic mass is 32.2. The van der Waals surface area contributed by atoms with Crippen LogP contribution in [0.3, 0.4) is 0 Å². The minimum absolute atomic E-state index is 0.0850. The minimum Gasteiger partial charge on any atom is -0.325 e. The smallest absolute Gasteiger partial charge is 0.234 e. The number of thioether (sulfide) groups is 1. The lowest BCUT2D eigenvalue weighted by Gasteiger charge is -2.08. The van der Waals surface area contributed by atoms with Crippen molar-refractivity contribution in [2.75, 3.05) is 11.1 Å². The van der Waals surface area contributed by atoms with Gasteiger partial charge in [0, 0.05) is 29.3 Å². The summed E-state index contributed by atoms with van der Waals surface area (Å²) in [6.07, 6.45) is 4.42. The fraction of sp³-hybridized carbons (Fsp3) is 0.120. The van der Waals surface area contributed by atoms with Crippen LogP contribution in [0.4, 0.5) is 5.69 Å². The quantitative estimate of drug-likeness (QED) is 0.326. The Kier molecular flexibility index (Phi) is 6.69. The highest BCUT2D eigenvalue weighted by Gasteiger charge is 2.09. The molecule has 0 spiro atoms. The van der Waals surface area contributed by atoms with Gasteiger partial charge in [-0.2, -0.15) is 0 Å². The summed E-state index contributed by atoms with van der Waals surface area (Å²) in [5, 5.41) is 3.54. The third-order valence-electron chi connectivity index (χ3n) is 4.63. The molecular weight excluding hydrogens is 404 g/mol. The Balaban J connectivity index is 1.34. The second-order valence-electron chi connectivity index (χ2n) is 7.11. The van der Waals surface area contributed by atoms with Crippen molar-refractivity contribution < 1.29 is 4.79 Å². The zero-order chi connectivity index (χ0) is 21.5. The van der Waals surface area contributed by atoms with Crippen molar-refractivity contribution in [3.63, 3.8) is 0 Å². The highest BCUT2D eigenvalue weighted by molar-refractivity contribution is 7.99. The summed E-state index contributed by atoms with van der Waals surface area (Å²) in [6, 6.07) is 23.8. The SMILES string of the molecule is Cc1cc(-c2ccccc2)nc(SCC(=O)Nc2ccc(Cc3ccncc3)cc2)n1. The number of carbonyl (C=O) groups excluding carboxylic acids is 1. The number of hydrogen-bond donors (Lipinski definition) is 1. The number of aromatic nitrogens is 3. The lowest BCUT2D eigenvalue weighted by molar-refractivity contribution is -0.113. The van der Waals surface area contributed by atoms with Crippen LogP contribution in [-0.4, -0.2) is 26.6 Å². The van der Waals surface area contributed by atoms with E-state index in [1.165, 1.54) is 22.9 Å². The average molecular weight is 427 g/mol. The van der Waals surface area contributed by atoms with Crippen molar-refractivity contribution in [3.05, 3.63) is 102 Å². The van der Waals surface area contributed by atoms with Gasteiger partial charge in [0.15, 0.2) is 5.16 Å². The molecule has 0 saturated carbocycles. The van der Waals surface area contributed by atoms with E-state index >= 15 is 0 Å². The maximum absolute atomic E-state index is 12.4. The Hall–Kier alpha value is -3.51. The summed E-state index contributed by atoms with van der Waals surface area (Å²) in [5.74, 6) is 0.162. The summed E-state index contributed by atoms with van der Waals surface area (Å²) < 4.78 is 0. The predicted molar refractivity (Wildman–Crippen MR) is 125 cm³/mol. The molecule has 0 aliphatic heterocycles. The number of pyridine rings is 1.